The number of rotatable bonds is 6. The SMILES string of the molecule is Cc1cc(C)c(CN2CCc3ccc(OC[C@H](C)CO)c(Cl)c3C2=O)c(=O)[nH]1. The maximum Gasteiger partial charge on any atom is 0.256 e. The smallest absolute Gasteiger partial charge is 0.256 e. The molecule has 1 aliphatic heterocycles. The van der Waals surface area contributed by atoms with E-state index in [-0.39, 0.29) is 35.6 Å². The number of nitrogens with zero attached hydrogens (tertiary/aromatic N) is 1. The molecule has 1 amide bonds. The molecular formula is C21H25ClN2O4. The molecule has 0 fully saturated rings. The van der Waals surface area contributed by atoms with Crippen molar-refractivity contribution in [3.05, 3.63) is 61.5 Å². The Morgan fingerprint density at radius 3 is 2.75 bits per heavy atom. The van der Waals surface area contributed by atoms with E-state index < -0.39 is 0 Å². The Morgan fingerprint density at radius 2 is 2.07 bits per heavy atom. The van der Waals surface area contributed by atoms with Gasteiger partial charge in [0.2, 0.25) is 0 Å². The molecule has 2 N–H and O–H groups in total. The number of pyridine rings is 1. The van der Waals surface area contributed by atoms with Gasteiger partial charge in [0, 0.05) is 30.3 Å². The van der Waals surface area contributed by atoms with E-state index in [0.717, 1.165) is 16.8 Å². The Hall–Kier alpha value is -2.31. The number of benzene rings is 1. The molecule has 2 heterocycles. The van der Waals surface area contributed by atoms with Crippen molar-refractivity contribution in [3.63, 3.8) is 0 Å². The predicted molar refractivity (Wildman–Crippen MR) is 108 cm³/mol. The lowest BCUT2D eigenvalue weighted by Crippen LogP contribution is -2.39. The van der Waals surface area contributed by atoms with Gasteiger partial charge in [-0.25, -0.2) is 0 Å². The summed E-state index contributed by atoms with van der Waals surface area (Å²) in [6.45, 7) is 6.66. The summed E-state index contributed by atoms with van der Waals surface area (Å²) in [6, 6.07) is 5.53. The van der Waals surface area contributed by atoms with Gasteiger partial charge in [-0.05, 0) is 43.5 Å². The van der Waals surface area contributed by atoms with Crippen LogP contribution >= 0.6 is 11.6 Å². The number of fused-ring (bicyclic) bond motifs is 1. The molecule has 0 aliphatic carbocycles. The van der Waals surface area contributed by atoms with Crippen LogP contribution in [0.2, 0.25) is 5.02 Å². The van der Waals surface area contributed by atoms with E-state index in [9.17, 15) is 9.59 Å². The fraction of sp³-hybridized carbons (Fsp3) is 0.429. The van der Waals surface area contributed by atoms with E-state index >= 15 is 0 Å². The minimum atomic E-state index is -0.203. The maximum absolute atomic E-state index is 13.1. The summed E-state index contributed by atoms with van der Waals surface area (Å²) in [5.74, 6) is 0.196. The number of aliphatic hydroxyl groups is 1. The molecule has 1 aliphatic rings. The first-order chi connectivity index (χ1) is 13.3. The monoisotopic (exact) mass is 404 g/mol. The molecule has 0 spiro atoms. The number of ether oxygens (including phenoxy) is 1. The molecule has 0 radical (unpaired) electrons. The molecule has 6 nitrogen and oxygen atoms in total. The van der Waals surface area contributed by atoms with Crippen LogP contribution < -0.4 is 10.3 Å². The molecular weight excluding hydrogens is 380 g/mol. The first kappa shape index (κ1) is 20.4. The van der Waals surface area contributed by atoms with Gasteiger partial charge in [-0.1, -0.05) is 24.6 Å². The standard InChI is InChI=1S/C21H25ClN2O4/c1-12(10-25)11-28-17-5-4-15-6-7-24(21(27)18(15)19(17)22)9-16-13(2)8-14(3)23-20(16)26/h4-5,8,12,25H,6-7,9-11H2,1-3H3,(H,23,26)/t12-/m1/s1. The molecule has 2 aromatic rings. The fourth-order valence-corrected chi connectivity index (χ4v) is 3.69. The third-order valence-corrected chi connectivity index (χ3v) is 5.40. The van der Waals surface area contributed by atoms with Crippen molar-refractivity contribution in [2.75, 3.05) is 19.8 Å². The quantitative estimate of drug-likeness (QED) is 0.775. The lowest BCUT2D eigenvalue weighted by atomic mass is 9.97. The molecule has 1 aromatic heterocycles. The number of carbonyl (C=O) groups is 1. The zero-order valence-corrected chi connectivity index (χ0v) is 17.1. The Labute approximate surface area is 169 Å². The number of amides is 1. The van der Waals surface area contributed by atoms with Gasteiger partial charge in [-0.3, -0.25) is 9.59 Å². The highest BCUT2D eigenvalue weighted by molar-refractivity contribution is 6.35. The molecule has 7 heteroatoms. The van der Waals surface area contributed by atoms with Crippen LogP contribution in [0.5, 0.6) is 5.75 Å². The van der Waals surface area contributed by atoms with Crippen LogP contribution in [-0.2, 0) is 13.0 Å². The lowest BCUT2D eigenvalue weighted by Gasteiger charge is -2.30. The second kappa shape index (κ2) is 8.37. The summed E-state index contributed by atoms with van der Waals surface area (Å²) < 4.78 is 5.69. The number of aliphatic hydroxyl groups excluding tert-OH is 1. The van der Waals surface area contributed by atoms with Crippen molar-refractivity contribution in [2.45, 2.75) is 33.7 Å². The first-order valence-corrected chi connectivity index (χ1v) is 9.73. The zero-order valence-electron chi connectivity index (χ0n) is 16.3. The summed E-state index contributed by atoms with van der Waals surface area (Å²) >= 11 is 6.50. The molecule has 1 atom stereocenters. The van der Waals surface area contributed by atoms with Gasteiger partial charge in [0.15, 0.2) is 0 Å². The third kappa shape index (κ3) is 4.08. The van der Waals surface area contributed by atoms with Gasteiger partial charge < -0.3 is 19.7 Å². The third-order valence-electron chi connectivity index (χ3n) is 5.02. The van der Waals surface area contributed by atoms with E-state index in [4.69, 9.17) is 21.4 Å². The van der Waals surface area contributed by atoms with Gasteiger partial charge in [0.25, 0.3) is 11.5 Å². The second-order valence-corrected chi connectivity index (χ2v) is 7.81. The number of hydrogen-bond acceptors (Lipinski definition) is 4. The zero-order chi connectivity index (χ0) is 20.4. The number of aromatic amines is 1. The normalized spacial score (nSPS) is 14.8. The Bertz CT molecular complexity index is 954. The van der Waals surface area contributed by atoms with E-state index in [2.05, 4.69) is 4.98 Å². The number of H-pyrrole nitrogens is 1. The number of carbonyl (C=O) groups excluding carboxylic acids is 1. The summed E-state index contributed by atoms with van der Waals surface area (Å²) in [7, 11) is 0. The van der Waals surface area contributed by atoms with Crippen molar-refractivity contribution in [3.8, 4) is 5.75 Å². The summed E-state index contributed by atoms with van der Waals surface area (Å²) in [5, 5.41) is 9.44. The average Bonchev–Trinajstić information content (AvgIpc) is 2.65. The van der Waals surface area contributed by atoms with Gasteiger partial charge >= 0.3 is 0 Å². The van der Waals surface area contributed by atoms with Crippen LogP contribution in [-0.4, -0.2) is 40.7 Å². The van der Waals surface area contributed by atoms with Crippen LogP contribution in [0, 0.1) is 19.8 Å². The minimum absolute atomic E-state index is 0.0136. The predicted octanol–water partition coefficient (Wildman–Crippen LogP) is 2.85. The number of aromatic nitrogens is 1. The summed E-state index contributed by atoms with van der Waals surface area (Å²) in [5.41, 5.74) is 3.39. The van der Waals surface area contributed by atoms with Crippen molar-refractivity contribution >= 4 is 17.5 Å². The topological polar surface area (TPSA) is 82.6 Å². The minimum Gasteiger partial charge on any atom is -0.492 e. The molecule has 150 valence electrons. The van der Waals surface area contributed by atoms with E-state index in [1.54, 1.807) is 11.0 Å². The number of hydrogen-bond donors (Lipinski definition) is 2. The highest BCUT2D eigenvalue weighted by Gasteiger charge is 2.29. The summed E-state index contributed by atoms with van der Waals surface area (Å²) in [6.07, 6.45) is 0.664. The highest BCUT2D eigenvalue weighted by Crippen LogP contribution is 2.34. The van der Waals surface area contributed by atoms with E-state index in [0.29, 0.717) is 36.4 Å². The molecule has 3 rings (SSSR count). The van der Waals surface area contributed by atoms with Gasteiger partial charge in [0.05, 0.1) is 23.7 Å². The lowest BCUT2D eigenvalue weighted by molar-refractivity contribution is 0.0725. The Balaban J connectivity index is 1.87. The van der Waals surface area contributed by atoms with Gasteiger partial charge in [-0.15, -0.1) is 0 Å². The van der Waals surface area contributed by atoms with Crippen LogP contribution in [0.4, 0.5) is 0 Å². The molecule has 0 saturated carbocycles. The van der Waals surface area contributed by atoms with E-state index in [1.807, 2.05) is 32.9 Å². The van der Waals surface area contributed by atoms with E-state index in [1.165, 1.54) is 0 Å². The van der Waals surface area contributed by atoms with Gasteiger partial charge in [0.1, 0.15) is 5.75 Å². The van der Waals surface area contributed by atoms with Crippen molar-refractivity contribution in [1.29, 1.82) is 0 Å². The van der Waals surface area contributed by atoms with Crippen LogP contribution in [0.25, 0.3) is 0 Å². The number of nitrogens with one attached hydrogen (secondary N) is 1. The first-order valence-electron chi connectivity index (χ1n) is 9.35. The average molecular weight is 405 g/mol. The fourth-order valence-electron chi connectivity index (χ4n) is 3.37. The summed E-state index contributed by atoms with van der Waals surface area (Å²) in [4.78, 5) is 29.9. The molecule has 0 bridgehead atoms. The Kier molecular flexibility index (Phi) is 6.10. The second-order valence-electron chi connectivity index (χ2n) is 7.43. The Morgan fingerprint density at radius 1 is 1.32 bits per heavy atom. The molecule has 1 aromatic carbocycles. The number of halogens is 1. The van der Waals surface area contributed by atoms with Crippen LogP contribution in [0.3, 0.4) is 0 Å². The van der Waals surface area contributed by atoms with Gasteiger partial charge in [-0.2, -0.15) is 0 Å². The van der Waals surface area contributed by atoms with Crippen molar-refractivity contribution in [2.24, 2.45) is 5.92 Å². The largest absolute Gasteiger partial charge is 0.492 e. The molecule has 28 heavy (non-hydrogen) atoms. The maximum atomic E-state index is 13.1. The van der Waals surface area contributed by atoms with Crippen LogP contribution in [0.15, 0.2) is 23.0 Å². The molecule has 0 unspecified atom stereocenters. The van der Waals surface area contributed by atoms with Crippen LogP contribution in [0.1, 0.15) is 39.7 Å². The molecule has 0 saturated heterocycles. The van der Waals surface area contributed by atoms with Crippen molar-refractivity contribution < 1.29 is 14.6 Å². The number of aryl methyl sites for hydroxylation is 2. The van der Waals surface area contributed by atoms with Crippen molar-refractivity contribution in [1.82, 2.24) is 9.88 Å². The highest BCUT2D eigenvalue weighted by atomic mass is 35.5.